The van der Waals surface area contributed by atoms with Crippen molar-refractivity contribution >= 4 is 28.5 Å². The Morgan fingerprint density at radius 3 is 2.83 bits per heavy atom. The molecule has 0 radical (unpaired) electrons. The van der Waals surface area contributed by atoms with Crippen molar-refractivity contribution in [2.75, 3.05) is 17.6 Å². The Hall–Kier alpha value is -2.47. The quantitative estimate of drug-likeness (QED) is 0.655. The summed E-state index contributed by atoms with van der Waals surface area (Å²) >= 11 is 1.44. The molecule has 2 rings (SSSR count). The van der Waals surface area contributed by atoms with Crippen molar-refractivity contribution in [3.8, 4) is 6.07 Å². The smallest absolute Gasteiger partial charge is 0.340 e. The van der Waals surface area contributed by atoms with Crippen molar-refractivity contribution in [1.82, 2.24) is 5.32 Å². The van der Waals surface area contributed by atoms with Gasteiger partial charge in [0.1, 0.15) is 11.6 Å². The lowest BCUT2D eigenvalue weighted by Gasteiger charge is -2.09. The zero-order valence-corrected chi connectivity index (χ0v) is 12.5. The van der Waals surface area contributed by atoms with Gasteiger partial charge in [-0.25, -0.2) is 0 Å². The normalized spacial score (nSPS) is 14.9. The van der Waals surface area contributed by atoms with Gasteiger partial charge in [0.05, 0.1) is 12.1 Å². The monoisotopic (exact) mass is 340 g/mol. The first-order chi connectivity index (χ1) is 10.9. The van der Waals surface area contributed by atoms with Crippen LogP contribution < -0.4 is 10.6 Å². The number of aliphatic imine (C=N–C) groups is 1. The van der Waals surface area contributed by atoms with Gasteiger partial charge in [0.2, 0.25) is 0 Å². The third-order valence-corrected chi connectivity index (χ3v) is 3.65. The van der Waals surface area contributed by atoms with E-state index in [4.69, 9.17) is 5.26 Å². The van der Waals surface area contributed by atoms with E-state index in [9.17, 15) is 18.0 Å². The minimum absolute atomic E-state index is 0.0430. The van der Waals surface area contributed by atoms with Crippen molar-refractivity contribution in [2.45, 2.75) is 6.18 Å². The molecule has 9 heteroatoms. The van der Waals surface area contributed by atoms with Crippen LogP contribution in [0.15, 0.2) is 41.0 Å². The number of benzene rings is 1. The topological polar surface area (TPSA) is 77.3 Å². The van der Waals surface area contributed by atoms with Gasteiger partial charge in [-0.05, 0) is 18.2 Å². The predicted octanol–water partition coefficient (Wildman–Crippen LogP) is 2.74. The molecule has 5 nitrogen and oxygen atoms in total. The Balaban J connectivity index is 2.07. The highest BCUT2D eigenvalue weighted by Gasteiger charge is 2.30. The van der Waals surface area contributed by atoms with Gasteiger partial charge in [-0.15, -0.1) is 0 Å². The van der Waals surface area contributed by atoms with E-state index in [1.807, 2.05) is 0 Å². The second-order valence-corrected chi connectivity index (χ2v) is 5.47. The summed E-state index contributed by atoms with van der Waals surface area (Å²) in [7, 11) is 0. The van der Waals surface area contributed by atoms with Gasteiger partial charge < -0.3 is 10.6 Å². The van der Waals surface area contributed by atoms with Crippen LogP contribution in [0.5, 0.6) is 0 Å². The summed E-state index contributed by atoms with van der Waals surface area (Å²) in [5.74, 6) is 0.0111. The number of nitrogens with one attached hydrogen (secondary N) is 2. The summed E-state index contributed by atoms with van der Waals surface area (Å²) in [6.45, 7) is 0.652. The molecule has 23 heavy (non-hydrogen) atoms. The maximum atomic E-state index is 12.6. The average molecular weight is 340 g/mol. The molecule has 2 N–H and O–H groups in total. The molecule has 120 valence electrons. The first kappa shape index (κ1) is 16.9. The fraction of sp³-hybridized carbons (Fsp3) is 0.214. The highest BCUT2D eigenvalue weighted by molar-refractivity contribution is 8.14. The second kappa shape index (κ2) is 7.19. The van der Waals surface area contributed by atoms with Crippen molar-refractivity contribution in [2.24, 2.45) is 4.99 Å². The Labute approximate surface area is 134 Å². The maximum Gasteiger partial charge on any atom is 0.416 e. The summed E-state index contributed by atoms with van der Waals surface area (Å²) in [4.78, 5) is 16.0. The van der Waals surface area contributed by atoms with Crippen molar-refractivity contribution in [1.29, 1.82) is 5.26 Å². The van der Waals surface area contributed by atoms with Crippen LogP contribution in [0.25, 0.3) is 0 Å². The Morgan fingerprint density at radius 1 is 1.43 bits per heavy atom. The minimum Gasteiger partial charge on any atom is -0.340 e. The van der Waals surface area contributed by atoms with E-state index < -0.39 is 17.6 Å². The van der Waals surface area contributed by atoms with E-state index in [0.717, 1.165) is 17.9 Å². The zero-order chi connectivity index (χ0) is 16.9. The van der Waals surface area contributed by atoms with E-state index in [1.165, 1.54) is 30.1 Å². The van der Waals surface area contributed by atoms with E-state index in [0.29, 0.717) is 11.7 Å². The molecule has 1 aromatic rings. The van der Waals surface area contributed by atoms with Crippen molar-refractivity contribution in [3.63, 3.8) is 0 Å². The van der Waals surface area contributed by atoms with Gasteiger partial charge >= 0.3 is 6.18 Å². The number of carbonyl (C=O) groups excluding carboxylic acids is 1. The summed E-state index contributed by atoms with van der Waals surface area (Å²) in [5, 5.41) is 14.6. The SMILES string of the molecule is N#C/C(=C/NC1=NCCS1)C(=O)Nc1cccc(C(F)(F)F)c1. The van der Waals surface area contributed by atoms with Gasteiger partial charge in [0, 0.05) is 17.6 Å². The largest absolute Gasteiger partial charge is 0.416 e. The number of carbonyl (C=O) groups is 1. The van der Waals surface area contributed by atoms with Crippen LogP contribution in [0, 0.1) is 11.3 Å². The van der Waals surface area contributed by atoms with Gasteiger partial charge in [-0.1, -0.05) is 17.8 Å². The summed E-state index contributed by atoms with van der Waals surface area (Å²) in [6, 6.07) is 5.88. The lowest BCUT2D eigenvalue weighted by Crippen LogP contribution is -2.19. The zero-order valence-electron chi connectivity index (χ0n) is 11.6. The minimum atomic E-state index is -4.51. The molecule has 1 aliphatic heterocycles. The molecule has 0 atom stereocenters. The third-order valence-electron chi connectivity index (χ3n) is 2.74. The summed E-state index contributed by atoms with van der Waals surface area (Å²) in [5.41, 5.74) is -1.19. The molecule has 0 saturated heterocycles. The van der Waals surface area contributed by atoms with E-state index in [2.05, 4.69) is 15.6 Å². The van der Waals surface area contributed by atoms with Crippen LogP contribution in [0.2, 0.25) is 0 Å². The molecular formula is C14H11F3N4OS. The highest BCUT2D eigenvalue weighted by Crippen LogP contribution is 2.30. The Morgan fingerprint density at radius 2 is 2.22 bits per heavy atom. The first-order valence-electron chi connectivity index (χ1n) is 6.43. The number of rotatable bonds is 3. The molecule has 0 aliphatic carbocycles. The maximum absolute atomic E-state index is 12.6. The lowest BCUT2D eigenvalue weighted by atomic mass is 10.2. The number of hydrogen-bond donors (Lipinski definition) is 2. The fourth-order valence-corrected chi connectivity index (χ4v) is 2.38. The Bertz CT molecular complexity index is 707. The molecule has 0 aromatic heterocycles. The van der Waals surface area contributed by atoms with Crippen LogP contribution in [-0.4, -0.2) is 23.4 Å². The fourth-order valence-electron chi connectivity index (χ4n) is 1.68. The van der Waals surface area contributed by atoms with Gasteiger partial charge in [0.15, 0.2) is 5.17 Å². The van der Waals surface area contributed by atoms with Gasteiger partial charge in [-0.3, -0.25) is 9.79 Å². The number of alkyl halides is 3. The summed E-state index contributed by atoms with van der Waals surface area (Å²) < 4.78 is 37.9. The van der Waals surface area contributed by atoms with Crippen molar-refractivity contribution in [3.05, 3.63) is 41.6 Å². The molecule has 0 fully saturated rings. The molecule has 1 amide bonds. The molecule has 1 heterocycles. The number of nitrogens with zero attached hydrogens (tertiary/aromatic N) is 2. The van der Waals surface area contributed by atoms with Gasteiger partial charge in [0.25, 0.3) is 5.91 Å². The molecule has 0 unspecified atom stereocenters. The van der Waals surface area contributed by atoms with Crippen LogP contribution in [0.1, 0.15) is 5.56 Å². The van der Waals surface area contributed by atoms with Crippen molar-refractivity contribution < 1.29 is 18.0 Å². The van der Waals surface area contributed by atoms with Crippen LogP contribution in [0.4, 0.5) is 18.9 Å². The molecule has 1 aliphatic rings. The number of halogens is 3. The van der Waals surface area contributed by atoms with E-state index in [1.54, 1.807) is 6.07 Å². The molecule has 0 bridgehead atoms. The highest BCUT2D eigenvalue weighted by atomic mass is 32.2. The molecule has 0 saturated carbocycles. The number of anilines is 1. The standard InChI is InChI=1S/C14H11F3N4OS/c15-14(16,17)10-2-1-3-11(6-10)21-12(22)9(7-18)8-20-13-19-4-5-23-13/h1-3,6,8H,4-5H2,(H,19,20)(H,21,22)/b9-8-. The number of amidine groups is 1. The van der Waals surface area contributed by atoms with Crippen LogP contribution in [0.3, 0.4) is 0 Å². The number of hydrogen-bond acceptors (Lipinski definition) is 5. The average Bonchev–Trinajstić information content (AvgIpc) is 3.00. The lowest BCUT2D eigenvalue weighted by molar-refractivity contribution is -0.137. The number of amides is 1. The molecular weight excluding hydrogens is 329 g/mol. The van der Waals surface area contributed by atoms with Crippen LogP contribution in [-0.2, 0) is 11.0 Å². The summed E-state index contributed by atoms with van der Waals surface area (Å²) in [6.07, 6.45) is -3.33. The Kier molecular flexibility index (Phi) is 5.28. The van der Waals surface area contributed by atoms with Gasteiger partial charge in [-0.2, -0.15) is 18.4 Å². The molecule has 0 spiro atoms. The van der Waals surface area contributed by atoms with E-state index in [-0.39, 0.29) is 11.3 Å². The predicted molar refractivity (Wildman–Crippen MR) is 81.7 cm³/mol. The molecule has 1 aromatic carbocycles. The number of nitriles is 1. The van der Waals surface area contributed by atoms with Crippen LogP contribution >= 0.6 is 11.8 Å². The van der Waals surface area contributed by atoms with E-state index >= 15 is 0 Å². The number of thioether (sulfide) groups is 1. The second-order valence-electron chi connectivity index (χ2n) is 4.38. The third kappa shape index (κ3) is 4.75. The first-order valence-corrected chi connectivity index (χ1v) is 7.41.